The van der Waals surface area contributed by atoms with E-state index in [9.17, 15) is 9.90 Å². The molecule has 0 amide bonds. The largest absolute Gasteiger partial charge is 0.441 e. The Balaban J connectivity index is 1.62. The van der Waals surface area contributed by atoms with Crippen LogP contribution in [0.5, 0.6) is 0 Å². The van der Waals surface area contributed by atoms with E-state index < -0.39 is 11.9 Å². The van der Waals surface area contributed by atoms with Crippen molar-refractivity contribution in [3.8, 4) is 11.4 Å². The molecule has 7 heteroatoms. The van der Waals surface area contributed by atoms with E-state index in [-0.39, 0.29) is 6.54 Å². The van der Waals surface area contributed by atoms with Gasteiger partial charge in [-0.15, -0.1) is 0 Å². The van der Waals surface area contributed by atoms with Crippen LogP contribution in [-0.2, 0) is 6.54 Å². The van der Waals surface area contributed by atoms with E-state index >= 15 is 0 Å². The second-order valence-corrected chi connectivity index (χ2v) is 6.83. The summed E-state index contributed by atoms with van der Waals surface area (Å²) < 4.78 is 6.21. The minimum atomic E-state index is -0.648. The van der Waals surface area contributed by atoms with Crippen LogP contribution in [0.4, 0.5) is 0 Å². The number of benzene rings is 1. The van der Waals surface area contributed by atoms with Crippen LogP contribution in [0.15, 0.2) is 39.6 Å². The van der Waals surface area contributed by atoms with E-state index in [1.807, 2.05) is 30.3 Å². The van der Waals surface area contributed by atoms with Crippen molar-refractivity contribution in [2.75, 3.05) is 32.7 Å². The highest BCUT2D eigenvalue weighted by molar-refractivity contribution is 5.54. The summed E-state index contributed by atoms with van der Waals surface area (Å²) in [5.74, 6) is -0.0863. The number of hydrogen-bond donors (Lipinski definition) is 1. The molecule has 1 fully saturated rings. The van der Waals surface area contributed by atoms with Gasteiger partial charge in [-0.05, 0) is 13.8 Å². The number of hydrogen-bond acceptors (Lipinski definition) is 6. The molecule has 0 bridgehead atoms. The van der Waals surface area contributed by atoms with Gasteiger partial charge in [0.05, 0.1) is 12.6 Å². The fourth-order valence-corrected chi connectivity index (χ4v) is 3.25. The summed E-state index contributed by atoms with van der Waals surface area (Å²) in [6, 6.07) is 9.94. The van der Waals surface area contributed by atoms with Gasteiger partial charge in [-0.25, -0.2) is 4.79 Å². The van der Waals surface area contributed by atoms with E-state index in [2.05, 4.69) is 28.8 Å². The van der Waals surface area contributed by atoms with Crippen molar-refractivity contribution >= 4 is 0 Å². The van der Waals surface area contributed by atoms with Crippen molar-refractivity contribution in [1.29, 1.82) is 0 Å². The topological polar surface area (TPSA) is 74.7 Å². The standard InChI is InChI=1S/C18H26N4O3/c1-14(2)21-10-8-20(9-11-21)12-16(23)13-22-17(19-25-18(22)24)15-6-4-3-5-7-15/h3-7,14,16,23H,8-13H2,1-2H3. The molecular formula is C18H26N4O3. The van der Waals surface area contributed by atoms with Crippen LogP contribution in [0.3, 0.4) is 0 Å². The first-order valence-electron chi connectivity index (χ1n) is 8.81. The summed E-state index contributed by atoms with van der Waals surface area (Å²) in [6.45, 7) is 9.00. The molecule has 1 atom stereocenters. The molecule has 2 aromatic rings. The highest BCUT2D eigenvalue weighted by Gasteiger charge is 2.22. The predicted molar refractivity (Wildman–Crippen MR) is 95.4 cm³/mol. The number of aliphatic hydroxyl groups is 1. The van der Waals surface area contributed by atoms with Crippen LogP contribution in [0.1, 0.15) is 13.8 Å². The van der Waals surface area contributed by atoms with Crippen LogP contribution < -0.4 is 5.76 Å². The molecule has 0 spiro atoms. The number of nitrogens with zero attached hydrogens (tertiary/aromatic N) is 4. The Morgan fingerprint density at radius 2 is 1.80 bits per heavy atom. The van der Waals surface area contributed by atoms with E-state index in [1.54, 1.807) is 0 Å². The molecule has 136 valence electrons. The maximum atomic E-state index is 12.0. The predicted octanol–water partition coefficient (Wildman–Crippen LogP) is 0.890. The van der Waals surface area contributed by atoms with Crippen LogP contribution in [-0.4, -0.2) is 69.5 Å². The summed E-state index contributed by atoms with van der Waals surface area (Å²) in [5, 5.41) is 14.3. The first kappa shape index (κ1) is 17.8. The van der Waals surface area contributed by atoms with Crippen molar-refractivity contribution in [3.63, 3.8) is 0 Å². The minimum Gasteiger partial charge on any atom is -0.390 e. The maximum Gasteiger partial charge on any atom is 0.441 e. The molecule has 25 heavy (non-hydrogen) atoms. The lowest BCUT2D eigenvalue weighted by atomic mass is 10.2. The fourth-order valence-electron chi connectivity index (χ4n) is 3.25. The summed E-state index contributed by atoms with van der Waals surface area (Å²) in [4.78, 5) is 16.6. The summed E-state index contributed by atoms with van der Waals surface area (Å²) in [5.41, 5.74) is 0.797. The second kappa shape index (κ2) is 7.95. The third kappa shape index (κ3) is 4.36. The molecule has 1 aromatic heterocycles. The van der Waals surface area contributed by atoms with Gasteiger partial charge in [0.1, 0.15) is 0 Å². The van der Waals surface area contributed by atoms with E-state index in [4.69, 9.17) is 4.52 Å². The monoisotopic (exact) mass is 346 g/mol. The van der Waals surface area contributed by atoms with Gasteiger partial charge >= 0.3 is 5.76 Å². The van der Waals surface area contributed by atoms with Gasteiger partial charge in [-0.1, -0.05) is 35.5 Å². The van der Waals surface area contributed by atoms with E-state index in [1.165, 1.54) is 4.57 Å². The van der Waals surface area contributed by atoms with Gasteiger partial charge in [0.25, 0.3) is 0 Å². The Morgan fingerprint density at radius 3 is 2.44 bits per heavy atom. The zero-order valence-electron chi connectivity index (χ0n) is 14.8. The third-order valence-electron chi connectivity index (χ3n) is 4.72. The quantitative estimate of drug-likeness (QED) is 0.837. The van der Waals surface area contributed by atoms with Crippen molar-refractivity contribution in [2.24, 2.45) is 0 Å². The Bertz CT molecular complexity index is 717. The highest BCUT2D eigenvalue weighted by atomic mass is 16.5. The summed E-state index contributed by atoms with van der Waals surface area (Å²) in [7, 11) is 0. The number of piperazine rings is 1. The van der Waals surface area contributed by atoms with E-state index in [0.717, 1.165) is 31.7 Å². The Labute approximate surface area is 147 Å². The first-order chi connectivity index (χ1) is 12.0. The second-order valence-electron chi connectivity index (χ2n) is 6.83. The molecule has 1 aliphatic heterocycles. The average Bonchev–Trinajstić information content (AvgIpc) is 2.97. The SMILES string of the molecule is CC(C)N1CCN(CC(O)Cn2c(-c3ccccc3)noc2=O)CC1. The van der Waals surface area contributed by atoms with Gasteiger partial charge in [0.15, 0.2) is 5.82 Å². The molecule has 0 radical (unpaired) electrons. The molecule has 1 aromatic carbocycles. The van der Waals surface area contributed by atoms with Gasteiger partial charge in [0.2, 0.25) is 0 Å². The van der Waals surface area contributed by atoms with Gasteiger partial charge in [-0.2, -0.15) is 0 Å². The summed E-state index contributed by atoms with van der Waals surface area (Å²) >= 11 is 0. The van der Waals surface area contributed by atoms with Gasteiger partial charge in [-0.3, -0.25) is 18.9 Å². The number of aliphatic hydroxyl groups excluding tert-OH is 1. The molecule has 1 unspecified atom stereocenters. The molecule has 1 saturated heterocycles. The third-order valence-corrected chi connectivity index (χ3v) is 4.72. The van der Waals surface area contributed by atoms with Crippen LogP contribution >= 0.6 is 0 Å². The number of aromatic nitrogens is 2. The van der Waals surface area contributed by atoms with Crippen molar-refractivity contribution < 1.29 is 9.63 Å². The minimum absolute atomic E-state index is 0.178. The lowest BCUT2D eigenvalue weighted by Crippen LogP contribution is -2.51. The Hall–Kier alpha value is -1.96. The van der Waals surface area contributed by atoms with Crippen LogP contribution in [0, 0.1) is 0 Å². The number of β-amino-alcohol motifs (C(OH)–C–C–N with tert-alkyl or cyclic N) is 1. The van der Waals surface area contributed by atoms with E-state index in [0.29, 0.717) is 18.4 Å². The van der Waals surface area contributed by atoms with Crippen LogP contribution in [0.2, 0.25) is 0 Å². The lowest BCUT2D eigenvalue weighted by Gasteiger charge is -2.37. The zero-order valence-corrected chi connectivity index (χ0v) is 14.8. The first-order valence-corrected chi connectivity index (χ1v) is 8.81. The van der Waals surface area contributed by atoms with Crippen molar-refractivity contribution in [2.45, 2.75) is 32.5 Å². The van der Waals surface area contributed by atoms with Gasteiger partial charge in [0, 0.05) is 44.3 Å². The zero-order chi connectivity index (χ0) is 17.8. The van der Waals surface area contributed by atoms with Gasteiger partial charge < -0.3 is 5.11 Å². The molecule has 0 aliphatic carbocycles. The fraction of sp³-hybridized carbons (Fsp3) is 0.556. The molecule has 3 rings (SSSR count). The molecule has 1 N–H and O–H groups in total. The number of rotatable bonds is 6. The molecule has 2 heterocycles. The molecule has 1 aliphatic rings. The lowest BCUT2D eigenvalue weighted by molar-refractivity contribution is 0.0548. The maximum absolute atomic E-state index is 12.0. The molecule has 0 saturated carbocycles. The molecular weight excluding hydrogens is 320 g/mol. The van der Waals surface area contributed by atoms with Crippen molar-refractivity contribution in [1.82, 2.24) is 19.5 Å². The smallest absolute Gasteiger partial charge is 0.390 e. The van der Waals surface area contributed by atoms with Crippen LogP contribution in [0.25, 0.3) is 11.4 Å². The normalized spacial score (nSPS) is 17.9. The summed E-state index contributed by atoms with van der Waals surface area (Å²) in [6.07, 6.45) is -0.648. The Morgan fingerprint density at radius 1 is 1.12 bits per heavy atom. The highest BCUT2D eigenvalue weighted by Crippen LogP contribution is 2.15. The Kier molecular flexibility index (Phi) is 5.67. The average molecular weight is 346 g/mol. The molecule has 7 nitrogen and oxygen atoms in total. The van der Waals surface area contributed by atoms with Crippen molar-refractivity contribution in [3.05, 3.63) is 40.9 Å².